The zero-order chi connectivity index (χ0) is 57.0. The highest BCUT2D eigenvalue weighted by molar-refractivity contribution is 6.74. The molecule has 0 unspecified atom stereocenters. The number of hydrogen-bond acceptors (Lipinski definition) is 17. The number of ether oxygens (including phenoxy) is 10. The van der Waals surface area contributed by atoms with Crippen LogP contribution in [0.25, 0.3) is 0 Å². The van der Waals surface area contributed by atoms with Crippen molar-refractivity contribution in [2.24, 2.45) is 11.8 Å². The molecular formula is C57H104N2O15Si2. The third-order valence-corrected chi connectivity index (χ3v) is 26.4. The normalized spacial score (nSPS) is 40.9. The second-order valence-electron chi connectivity index (χ2n) is 26.5. The highest BCUT2D eigenvalue weighted by Gasteiger charge is 2.56. The van der Waals surface area contributed by atoms with Crippen molar-refractivity contribution in [1.29, 1.82) is 0 Å². The molecule has 5 rings (SSSR count). The van der Waals surface area contributed by atoms with Gasteiger partial charge in [0.2, 0.25) is 0 Å². The maximum Gasteiger partial charge on any atom is 0.308 e. The molecule has 0 saturated carbocycles. The van der Waals surface area contributed by atoms with E-state index in [1.807, 2.05) is 58.0 Å². The van der Waals surface area contributed by atoms with Gasteiger partial charge in [-0.15, -0.1) is 0 Å². The topological polar surface area (TPSA) is 172 Å². The summed E-state index contributed by atoms with van der Waals surface area (Å²) in [6.07, 6.45) is 1.11. The zero-order valence-electron chi connectivity index (χ0n) is 50.8. The van der Waals surface area contributed by atoms with Crippen molar-refractivity contribution in [1.82, 2.24) is 9.80 Å². The van der Waals surface area contributed by atoms with Crippen LogP contribution in [0.5, 0.6) is 0 Å². The number of aliphatic hydroxyl groups is 1. The molecule has 0 aliphatic carbocycles. The van der Waals surface area contributed by atoms with Gasteiger partial charge in [-0.2, -0.15) is 0 Å². The van der Waals surface area contributed by atoms with Gasteiger partial charge in [0.25, 0.3) is 0 Å². The summed E-state index contributed by atoms with van der Waals surface area (Å²) in [6.45, 7) is 34.9. The first kappa shape index (κ1) is 65.1. The Kier molecular flexibility index (Phi) is 22.7. The van der Waals surface area contributed by atoms with E-state index in [2.05, 4.69) is 107 Å². The zero-order valence-corrected chi connectivity index (χ0v) is 52.8. The molecule has 0 aromatic carbocycles. The van der Waals surface area contributed by atoms with Crippen molar-refractivity contribution in [3.05, 3.63) is 24.3 Å². The van der Waals surface area contributed by atoms with E-state index in [-0.39, 0.29) is 53.0 Å². The number of methoxy groups -OCH3 is 1. The van der Waals surface area contributed by atoms with Gasteiger partial charge in [-0.1, -0.05) is 72.8 Å². The lowest BCUT2D eigenvalue weighted by atomic mass is 9.82. The third kappa shape index (κ3) is 16.7. The average molecular weight is 1110 g/mol. The molecule has 5 aliphatic rings. The SMILES string of the molecule is CO[C@@H]1[C@@H](O[C@@H]2O[C@H](C)[C@@H](O[C@H]3C[C@@](C)(O)[C@@H](O[Si](C)(C)C(C)(C)C)[C@H](C)O3)[C@H](N(C)C)[C@H]2OC(C)=O)[C@H]2C[C@@H](O[Si](C)(C)C(C)(C)C)O[C@@H]1CC(=O)O[C@H](C)C/C=C/C=C/[C@H](O[C@H]1CC[C@H](N(C)C)[C@@H](C)O1)[C@H](C)C2. The van der Waals surface area contributed by atoms with Crippen LogP contribution in [0.2, 0.25) is 36.3 Å². The van der Waals surface area contributed by atoms with E-state index in [0.717, 1.165) is 12.8 Å². The van der Waals surface area contributed by atoms with Crippen molar-refractivity contribution in [3.8, 4) is 0 Å². The molecular weight excluding hydrogens is 1010 g/mol. The number of rotatable bonds is 14. The number of allylic oxidation sites excluding steroid dienone is 2. The van der Waals surface area contributed by atoms with Crippen molar-refractivity contribution in [3.63, 3.8) is 0 Å². The van der Waals surface area contributed by atoms with Crippen LogP contribution in [0.4, 0.5) is 0 Å². The van der Waals surface area contributed by atoms with Gasteiger partial charge in [0.15, 0.2) is 41.6 Å². The van der Waals surface area contributed by atoms with E-state index in [1.165, 1.54) is 6.92 Å². The summed E-state index contributed by atoms with van der Waals surface area (Å²) < 4.78 is 81.2. The van der Waals surface area contributed by atoms with Crippen LogP contribution in [-0.4, -0.2) is 189 Å². The van der Waals surface area contributed by atoms with Gasteiger partial charge in [0.1, 0.15) is 24.6 Å². The second-order valence-corrected chi connectivity index (χ2v) is 36.0. The first-order valence-electron chi connectivity index (χ1n) is 28.3. The monoisotopic (exact) mass is 1110 g/mol. The second kappa shape index (κ2) is 26.5. The Morgan fingerprint density at radius 3 is 1.93 bits per heavy atom. The number of cyclic esters (lactones) is 1. The Bertz CT molecular complexity index is 1920. The third-order valence-electron chi connectivity index (χ3n) is 17.5. The van der Waals surface area contributed by atoms with Crippen molar-refractivity contribution in [2.75, 3.05) is 35.3 Å². The van der Waals surface area contributed by atoms with Crippen LogP contribution in [0.3, 0.4) is 0 Å². The van der Waals surface area contributed by atoms with Crippen LogP contribution in [0.1, 0.15) is 135 Å². The summed E-state index contributed by atoms with van der Waals surface area (Å²) in [4.78, 5) is 31.5. The predicted molar refractivity (Wildman–Crippen MR) is 297 cm³/mol. The number of hydrogen-bond donors (Lipinski definition) is 1. The predicted octanol–water partition coefficient (Wildman–Crippen LogP) is 9.11. The van der Waals surface area contributed by atoms with E-state index in [9.17, 15) is 14.7 Å². The summed E-state index contributed by atoms with van der Waals surface area (Å²) in [5.74, 6) is -1.45. The molecule has 4 saturated heterocycles. The molecule has 4 fully saturated rings. The average Bonchev–Trinajstić information content (AvgIpc) is 3.38. The van der Waals surface area contributed by atoms with Gasteiger partial charge in [-0.25, -0.2) is 0 Å². The minimum atomic E-state index is -2.50. The fourth-order valence-electron chi connectivity index (χ4n) is 11.2. The van der Waals surface area contributed by atoms with Gasteiger partial charge in [0.05, 0.1) is 60.8 Å². The molecule has 0 spiro atoms. The lowest BCUT2D eigenvalue weighted by Crippen LogP contribution is -2.67. The van der Waals surface area contributed by atoms with Gasteiger partial charge in [0, 0.05) is 39.3 Å². The highest BCUT2D eigenvalue weighted by Crippen LogP contribution is 2.45. The lowest BCUT2D eigenvalue weighted by Gasteiger charge is -2.52. The summed E-state index contributed by atoms with van der Waals surface area (Å²) in [7, 11) is 4.77. The Morgan fingerprint density at radius 2 is 1.37 bits per heavy atom. The molecule has 17 nitrogen and oxygen atoms in total. The molecule has 0 aromatic heterocycles. The Hall–Kier alpha value is -1.67. The molecule has 0 amide bonds. The smallest absolute Gasteiger partial charge is 0.308 e. The molecule has 76 heavy (non-hydrogen) atoms. The van der Waals surface area contributed by atoms with Gasteiger partial charge in [-0.3, -0.25) is 9.59 Å². The summed E-state index contributed by atoms with van der Waals surface area (Å²) in [5, 5.41) is 11.8. The molecule has 5 aliphatic heterocycles. The van der Waals surface area contributed by atoms with Crippen LogP contribution < -0.4 is 0 Å². The molecule has 5 heterocycles. The largest absolute Gasteiger partial charge is 0.462 e. The van der Waals surface area contributed by atoms with E-state index >= 15 is 0 Å². The Labute approximate surface area is 460 Å². The highest BCUT2D eigenvalue weighted by atomic mass is 28.4. The quantitative estimate of drug-likeness (QED) is 0.129. The molecule has 19 heteroatoms. The number of carbonyl (C=O) groups excluding carboxylic acids is 2. The first-order valence-corrected chi connectivity index (χ1v) is 34.1. The number of fused-ring (bicyclic) bond motifs is 3. The minimum Gasteiger partial charge on any atom is -0.462 e. The molecule has 0 aromatic rings. The van der Waals surface area contributed by atoms with E-state index in [0.29, 0.717) is 19.3 Å². The fraction of sp³-hybridized carbons (Fsp3) is 0.895. The molecule has 2 bridgehead atoms. The maximum absolute atomic E-state index is 14.0. The molecule has 440 valence electrons. The van der Waals surface area contributed by atoms with E-state index in [4.69, 9.17) is 56.2 Å². The van der Waals surface area contributed by atoms with Crippen LogP contribution >= 0.6 is 0 Å². The van der Waals surface area contributed by atoms with Crippen molar-refractivity contribution < 1.29 is 70.9 Å². The van der Waals surface area contributed by atoms with Crippen LogP contribution in [0, 0.1) is 11.8 Å². The molecule has 1 N–H and O–H groups in total. The summed E-state index contributed by atoms with van der Waals surface area (Å²) >= 11 is 0. The summed E-state index contributed by atoms with van der Waals surface area (Å²) in [5.41, 5.74) is -1.29. The van der Waals surface area contributed by atoms with Gasteiger partial charge < -0.3 is 71.1 Å². The number of esters is 2. The Morgan fingerprint density at radius 1 is 0.737 bits per heavy atom. The number of likely N-dealkylation sites (N-methyl/N-ethyl adjacent to an activating group) is 2. The van der Waals surface area contributed by atoms with Crippen LogP contribution in [0.15, 0.2) is 24.3 Å². The van der Waals surface area contributed by atoms with Gasteiger partial charge >= 0.3 is 11.9 Å². The lowest BCUT2D eigenvalue weighted by molar-refractivity contribution is -0.343. The number of nitrogens with zero attached hydrogens (tertiary/aromatic N) is 2. The molecule has 20 atom stereocenters. The van der Waals surface area contributed by atoms with E-state index in [1.54, 1.807) is 14.0 Å². The first-order chi connectivity index (χ1) is 35.0. The van der Waals surface area contributed by atoms with Crippen LogP contribution in [-0.2, 0) is 65.8 Å². The minimum absolute atomic E-state index is 0.0280. The van der Waals surface area contributed by atoms with Crippen molar-refractivity contribution in [2.45, 2.75) is 281 Å². The number of carbonyl (C=O) groups is 2. The summed E-state index contributed by atoms with van der Waals surface area (Å²) in [6, 6.07) is -0.351. The van der Waals surface area contributed by atoms with Crippen molar-refractivity contribution >= 4 is 28.6 Å². The standard InChI is InChI=1S/C57H104N2O15Si2/c1-34-30-40-31-46(73-75(19,20)55(7,8)9)70-43(32-44(61)64-35(2)26-24-23-25-27-42(34)69-45-29-28-41(58(14)15)36(3)65-45)51(63-18)50(40)72-54-52(68-39(6)60)48(59(16)17)49(37(4)67-54)71-47-33-57(13,62)53(38(5)66-47)74-76(21,22)56(10,11)12/h23-25,27,34-38,40-43,45-54,62H,26,28-33H2,1-22H3/b24-23+,27-25+/t34-,35-,36-,37-,38+,40-,41+,42+,43-,45+,46-,47+,48+,49-,50+,51+,52-,53+,54+,57-/m1/s1. The fourth-order valence-corrected chi connectivity index (χ4v) is 13.8. The van der Waals surface area contributed by atoms with E-state index < -0.39 is 120 Å². The van der Waals surface area contributed by atoms with Gasteiger partial charge in [-0.05, 0) is 130 Å². The maximum atomic E-state index is 14.0. The molecule has 0 radical (unpaired) electrons. The Balaban J connectivity index is 1.57.